The number of carbonyl (C=O) groups is 1. The standard InChI is InChI=1S/C17H21NO2/c19-12-2-1-5-15-6-3-8-16(13-15)17(20)18-11-4-7-14-9-10-14/h3,6,8,13-14,19H,2,4,7,9-12H2,(H,18,20). The molecule has 0 spiro atoms. The van der Waals surface area contributed by atoms with Gasteiger partial charge in [0, 0.05) is 24.1 Å². The average Bonchev–Trinajstić information content (AvgIpc) is 3.28. The Morgan fingerprint density at radius 3 is 3.00 bits per heavy atom. The molecule has 106 valence electrons. The van der Waals surface area contributed by atoms with Gasteiger partial charge in [0.2, 0.25) is 0 Å². The van der Waals surface area contributed by atoms with Crippen LogP contribution in [0.25, 0.3) is 0 Å². The Bertz CT molecular complexity index is 509. The number of nitrogens with one attached hydrogen (secondary N) is 1. The molecule has 1 amide bonds. The molecule has 0 aromatic heterocycles. The molecule has 2 rings (SSSR count). The predicted molar refractivity (Wildman–Crippen MR) is 79.3 cm³/mol. The molecule has 0 unspecified atom stereocenters. The van der Waals surface area contributed by atoms with Gasteiger partial charge in [0.05, 0.1) is 6.61 Å². The molecule has 2 N–H and O–H groups in total. The largest absolute Gasteiger partial charge is 0.395 e. The Morgan fingerprint density at radius 1 is 1.40 bits per heavy atom. The summed E-state index contributed by atoms with van der Waals surface area (Å²) < 4.78 is 0. The van der Waals surface area contributed by atoms with Crippen molar-refractivity contribution < 1.29 is 9.90 Å². The third kappa shape index (κ3) is 5.07. The van der Waals surface area contributed by atoms with Crippen molar-refractivity contribution >= 4 is 5.91 Å². The lowest BCUT2D eigenvalue weighted by Crippen LogP contribution is -2.24. The zero-order chi connectivity index (χ0) is 14.2. The van der Waals surface area contributed by atoms with Gasteiger partial charge in [-0.1, -0.05) is 30.7 Å². The van der Waals surface area contributed by atoms with E-state index in [0.717, 1.165) is 24.4 Å². The maximum atomic E-state index is 12.0. The Morgan fingerprint density at radius 2 is 2.25 bits per heavy atom. The molecule has 1 aromatic carbocycles. The third-order valence-electron chi connectivity index (χ3n) is 3.37. The van der Waals surface area contributed by atoms with Crippen LogP contribution in [0.15, 0.2) is 24.3 Å². The van der Waals surface area contributed by atoms with Gasteiger partial charge in [0.25, 0.3) is 5.91 Å². The number of rotatable bonds is 6. The Balaban J connectivity index is 1.82. The summed E-state index contributed by atoms with van der Waals surface area (Å²) in [7, 11) is 0. The van der Waals surface area contributed by atoms with Gasteiger partial charge in [-0.3, -0.25) is 4.79 Å². The fourth-order valence-corrected chi connectivity index (χ4v) is 2.06. The lowest BCUT2D eigenvalue weighted by Gasteiger charge is -2.05. The second-order valence-corrected chi connectivity index (χ2v) is 5.20. The van der Waals surface area contributed by atoms with Gasteiger partial charge in [-0.05, 0) is 37.0 Å². The van der Waals surface area contributed by atoms with Gasteiger partial charge in [0.1, 0.15) is 0 Å². The minimum Gasteiger partial charge on any atom is -0.395 e. The van der Waals surface area contributed by atoms with Crippen molar-refractivity contribution in [3.05, 3.63) is 35.4 Å². The van der Waals surface area contributed by atoms with Crippen LogP contribution in [0.2, 0.25) is 0 Å². The molecule has 0 saturated heterocycles. The van der Waals surface area contributed by atoms with Crippen LogP contribution in [0, 0.1) is 17.8 Å². The third-order valence-corrected chi connectivity index (χ3v) is 3.37. The van der Waals surface area contributed by atoms with Gasteiger partial charge in [-0.15, -0.1) is 0 Å². The summed E-state index contributed by atoms with van der Waals surface area (Å²) in [6.45, 7) is 0.809. The van der Waals surface area contributed by atoms with Crippen LogP contribution in [0.3, 0.4) is 0 Å². The molecule has 0 atom stereocenters. The first-order chi connectivity index (χ1) is 9.79. The van der Waals surface area contributed by atoms with Crippen LogP contribution in [0.1, 0.15) is 48.0 Å². The van der Waals surface area contributed by atoms with Gasteiger partial charge in [-0.25, -0.2) is 0 Å². The molecule has 0 bridgehead atoms. The van der Waals surface area contributed by atoms with Crippen molar-refractivity contribution in [2.24, 2.45) is 5.92 Å². The Labute approximate surface area is 120 Å². The average molecular weight is 271 g/mol. The fourth-order valence-electron chi connectivity index (χ4n) is 2.06. The molecule has 1 aliphatic rings. The van der Waals surface area contributed by atoms with E-state index < -0.39 is 0 Å². The zero-order valence-corrected chi connectivity index (χ0v) is 11.7. The smallest absolute Gasteiger partial charge is 0.251 e. The summed E-state index contributed by atoms with van der Waals surface area (Å²) in [4.78, 5) is 12.0. The van der Waals surface area contributed by atoms with Gasteiger partial charge >= 0.3 is 0 Å². The maximum Gasteiger partial charge on any atom is 0.251 e. The fraction of sp³-hybridized carbons (Fsp3) is 0.471. The van der Waals surface area contributed by atoms with Crippen molar-refractivity contribution in [2.45, 2.75) is 32.1 Å². The number of benzene rings is 1. The minimum atomic E-state index is -0.0356. The van der Waals surface area contributed by atoms with E-state index in [1.54, 1.807) is 12.1 Å². The van der Waals surface area contributed by atoms with E-state index in [-0.39, 0.29) is 12.5 Å². The van der Waals surface area contributed by atoms with E-state index in [1.165, 1.54) is 19.3 Å². The molecule has 1 fully saturated rings. The van der Waals surface area contributed by atoms with E-state index in [2.05, 4.69) is 17.2 Å². The molecule has 3 heteroatoms. The van der Waals surface area contributed by atoms with Gasteiger partial charge in [0.15, 0.2) is 0 Å². The number of hydrogen-bond donors (Lipinski definition) is 2. The number of carbonyl (C=O) groups excluding carboxylic acids is 1. The summed E-state index contributed by atoms with van der Waals surface area (Å²) in [6.07, 6.45) is 5.47. The van der Waals surface area contributed by atoms with E-state index in [4.69, 9.17) is 5.11 Å². The number of amides is 1. The molecule has 0 heterocycles. The molecule has 1 aromatic rings. The molecular weight excluding hydrogens is 250 g/mol. The first kappa shape index (κ1) is 14.6. The van der Waals surface area contributed by atoms with Gasteiger partial charge in [-0.2, -0.15) is 0 Å². The predicted octanol–water partition coefficient (Wildman–Crippen LogP) is 2.34. The second-order valence-electron chi connectivity index (χ2n) is 5.20. The van der Waals surface area contributed by atoms with Crippen LogP contribution in [-0.4, -0.2) is 24.2 Å². The lowest BCUT2D eigenvalue weighted by molar-refractivity contribution is 0.0952. The zero-order valence-electron chi connectivity index (χ0n) is 11.7. The lowest BCUT2D eigenvalue weighted by atomic mass is 10.1. The molecule has 3 nitrogen and oxygen atoms in total. The SMILES string of the molecule is O=C(NCCCC1CC1)c1cccc(C#CCCO)c1. The number of aliphatic hydroxyl groups excluding tert-OH is 1. The van der Waals surface area contributed by atoms with Crippen molar-refractivity contribution in [2.75, 3.05) is 13.2 Å². The first-order valence-corrected chi connectivity index (χ1v) is 7.27. The first-order valence-electron chi connectivity index (χ1n) is 7.27. The van der Waals surface area contributed by atoms with Crippen molar-refractivity contribution in [3.8, 4) is 11.8 Å². The summed E-state index contributed by atoms with van der Waals surface area (Å²) in [5.41, 5.74) is 1.45. The van der Waals surface area contributed by atoms with Crippen molar-refractivity contribution in [3.63, 3.8) is 0 Å². The van der Waals surface area contributed by atoms with Crippen LogP contribution in [0.4, 0.5) is 0 Å². The number of hydrogen-bond acceptors (Lipinski definition) is 2. The van der Waals surface area contributed by atoms with Crippen molar-refractivity contribution in [1.82, 2.24) is 5.32 Å². The monoisotopic (exact) mass is 271 g/mol. The second kappa shape index (κ2) is 7.72. The Hall–Kier alpha value is -1.79. The number of aliphatic hydroxyl groups is 1. The van der Waals surface area contributed by atoms with Crippen LogP contribution in [0.5, 0.6) is 0 Å². The molecule has 1 aliphatic carbocycles. The molecule has 20 heavy (non-hydrogen) atoms. The normalized spacial score (nSPS) is 13.4. The highest BCUT2D eigenvalue weighted by Gasteiger charge is 2.20. The summed E-state index contributed by atoms with van der Waals surface area (Å²) in [5, 5.41) is 11.6. The summed E-state index contributed by atoms with van der Waals surface area (Å²) in [5.74, 6) is 6.68. The summed E-state index contributed by atoms with van der Waals surface area (Å²) in [6, 6.07) is 7.30. The maximum absolute atomic E-state index is 12.0. The minimum absolute atomic E-state index is 0.0356. The topological polar surface area (TPSA) is 49.3 Å². The molecule has 1 saturated carbocycles. The van der Waals surface area contributed by atoms with E-state index in [1.807, 2.05) is 12.1 Å². The van der Waals surface area contributed by atoms with E-state index in [9.17, 15) is 4.79 Å². The highest BCUT2D eigenvalue weighted by Crippen LogP contribution is 2.33. The molecular formula is C17H21NO2. The van der Waals surface area contributed by atoms with E-state index >= 15 is 0 Å². The van der Waals surface area contributed by atoms with Gasteiger partial charge < -0.3 is 10.4 Å². The van der Waals surface area contributed by atoms with Crippen LogP contribution >= 0.6 is 0 Å². The summed E-state index contributed by atoms with van der Waals surface area (Å²) >= 11 is 0. The molecule has 0 radical (unpaired) electrons. The van der Waals surface area contributed by atoms with E-state index in [0.29, 0.717) is 12.0 Å². The van der Waals surface area contributed by atoms with Crippen LogP contribution in [-0.2, 0) is 0 Å². The van der Waals surface area contributed by atoms with Crippen molar-refractivity contribution in [1.29, 1.82) is 0 Å². The highest BCUT2D eigenvalue weighted by molar-refractivity contribution is 5.94. The molecule has 0 aliphatic heterocycles. The quantitative estimate of drug-likeness (QED) is 0.616. The highest BCUT2D eigenvalue weighted by atomic mass is 16.2. The van der Waals surface area contributed by atoms with Crippen LogP contribution < -0.4 is 5.32 Å². The Kier molecular flexibility index (Phi) is 5.64.